The van der Waals surface area contributed by atoms with Crippen molar-refractivity contribution >= 4 is 5.91 Å². The lowest BCUT2D eigenvalue weighted by atomic mass is 9.83. The van der Waals surface area contributed by atoms with E-state index in [4.69, 9.17) is 4.74 Å². The lowest BCUT2D eigenvalue weighted by molar-refractivity contribution is 0.0708. The highest BCUT2D eigenvalue weighted by molar-refractivity contribution is 5.95. The molecule has 0 N–H and O–H groups in total. The number of benzene rings is 1. The number of carbonyl (C=O) groups is 1. The van der Waals surface area contributed by atoms with E-state index in [9.17, 15) is 13.6 Å². The summed E-state index contributed by atoms with van der Waals surface area (Å²) in [4.78, 5) is 17.1. The topological polar surface area (TPSA) is 32.8 Å². The van der Waals surface area contributed by atoms with E-state index < -0.39 is 23.1 Å². The van der Waals surface area contributed by atoms with Crippen LogP contribution in [-0.2, 0) is 0 Å². The molecule has 3 heterocycles. The van der Waals surface area contributed by atoms with Crippen molar-refractivity contribution in [1.82, 2.24) is 9.80 Å². The van der Waals surface area contributed by atoms with Gasteiger partial charge in [-0.15, -0.1) is 0 Å². The van der Waals surface area contributed by atoms with Crippen molar-refractivity contribution in [2.24, 2.45) is 11.8 Å². The molecule has 1 aromatic rings. The average molecular weight is 364 g/mol. The molecule has 0 radical (unpaired) electrons. The maximum absolute atomic E-state index is 14.3. The largest absolute Gasteiger partial charge is 0.497 e. The monoisotopic (exact) mass is 364 g/mol. The van der Waals surface area contributed by atoms with Gasteiger partial charge in [0.05, 0.1) is 7.11 Å². The third-order valence-electron chi connectivity index (χ3n) is 6.30. The van der Waals surface area contributed by atoms with E-state index in [2.05, 4.69) is 4.90 Å². The predicted octanol–water partition coefficient (Wildman–Crippen LogP) is 3.31. The zero-order valence-corrected chi connectivity index (χ0v) is 15.2. The molecule has 2 atom stereocenters. The summed E-state index contributed by atoms with van der Waals surface area (Å²) in [7, 11) is 1.35. The SMILES string of the molecule is COc1cc(F)c(C(=O)N2C[C@H]3CC[C@@H](C2)N(CC2CCC2)C3)c(F)c1. The molecule has 0 spiro atoms. The van der Waals surface area contributed by atoms with Crippen LogP contribution in [0.1, 0.15) is 42.5 Å². The second-order valence-corrected chi connectivity index (χ2v) is 8.02. The maximum atomic E-state index is 14.3. The summed E-state index contributed by atoms with van der Waals surface area (Å²) in [5.41, 5.74) is -0.461. The van der Waals surface area contributed by atoms with Crippen LogP contribution in [0.15, 0.2) is 12.1 Å². The number of amides is 1. The number of ether oxygens (including phenoxy) is 1. The molecular weight excluding hydrogens is 338 g/mol. The molecule has 4 aliphatic rings. The second-order valence-electron chi connectivity index (χ2n) is 8.02. The molecule has 3 saturated heterocycles. The van der Waals surface area contributed by atoms with E-state index in [0.29, 0.717) is 25.0 Å². The van der Waals surface area contributed by atoms with Gasteiger partial charge in [0.2, 0.25) is 0 Å². The summed E-state index contributed by atoms with van der Waals surface area (Å²) in [5.74, 6) is -0.981. The Bertz CT molecular complexity index is 669. The zero-order chi connectivity index (χ0) is 18.3. The van der Waals surface area contributed by atoms with Gasteiger partial charge in [0.25, 0.3) is 5.91 Å². The van der Waals surface area contributed by atoms with Crippen LogP contribution in [0.25, 0.3) is 0 Å². The average Bonchev–Trinajstić information content (AvgIpc) is 2.89. The minimum Gasteiger partial charge on any atom is -0.497 e. The Balaban J connectivity index is 1.52. The standard InChI is InChI=1S/C20H26F2N2O2/c1-26-16-7-17(21)19(18(22)8-16)20(25)24-11-14-5-6-15(12-24)23(10-14)9-13-3-2-4-13/h7-8,13-15H,2-6,9-12H2,1H3/t14-,15-/m0/s1. The first-order valence-corrected chi connectivity index (χ1v) is 9.61. The summed E-state index contributed by atoms with van der Waals surface area (Å²) >= 11 is 0. The number of halogens is 2. The molecule has 142 valence electrons. The normalized spacial score (nSPS) is 26.5. The van der Waals surface area contributed by atoms with Crippen molar-refractivity contribution in [1.29, 1.82) is 0 Å². The van der Waals surface area contributed by atoms with Crippen LogP contribution in [0.5, 0.6) is 5.75 Å². The van der Waals surface area contributed by atoms with Crippen LogP contribution in [-0.4, -0.2) is 55.0 Å². The van der Waals surface area contributed by atoms with E-state index in [1.165, 1.54) is 26.4 Å². The fourth-order valence-corrected chi connectivity index (χ4v) is 4.61. The van der Waals surface area contributed by atoms with E-state index in [1.807, 2.05) is 0 Å². The van der Waals surface area contributed by atoms with Gasteiger partial charge in [-0.2, -0.15) is 0 Å². The Hall–Kier alpha value is -1.69. The Morgan fingerprint density at radius 1 is 1.12 bits per heavy atom. The molecule has 0 unspecified atom stereocenters. The summed E-state index contributed by atoms with van der Waals surface area (Å²) in [6, 6.07) is 2.46. The molecular formula is C20H26F2N2O2. The molecule has 5 rings (SSSR count). The zero-order valence-electron chi connectivity index (χ0n) is 15.2. The van der Waals surface area contributed by atoms with Crippen molar-refractivity contribution in [2.45, 2.75) is 38.1 Å². The fraction of sp³-hybridized carbons (Fsp3) is 0.650. The molecule has 2 bridgehead atoms. The summed E-state index contributed by atoms with van der Waals surface area (Å²) < 4.78 is 33.6. The Kier molecular flexibility index (Phi) is 4.86. The van der Waals surface area contributed by atoms with Gasteiger partial charge < -0.3 is 9.64 Å². The van der Waals surface area contributed by atoms with Gasteiger partial charge in [-0.3, -0.25) is 9.69 Å². The van der Waals surface area contributed by atoms with Crippen LogP contribution < -0.4 is 4.74 Å². The molecule has 4 nitrogen and oxygen atoms in total. The number of hydrogen-bond donors (Lipinski definition) is 0. The number of methoxy groups -OCH3 is 1. The van der Waals surface area contributed by atoms with Crippen molar-refractivity contribution in [2.75, 3.05) is 33.3 Å². The van der Waals surface area contributed by atoms with Gasteiger partial charge in [0.1, 0.15) is 22.9 Å². The van der Waals surface area contributed by atoms with E-state index >= 15 is 0 Å². The number of piperidine rings is 1. The predicted molar refractivity (Wildman–Crippen MR) is 94.2 cm³/mol. The molecule has 1 amide bonds. The van der Waals surface area contributed by atoms with Crippen LogP contribution >= 0.6 is 0 Å². The molecule has 4 fully saturated rings. The molecule has 1 aromatic carbocycles. The maximum Gasteiger partial charge on any atom is 0.259 e. The Morgan fingerprint density at radius 2 is 1.85 bits per heavy atom. The minimum atomic E-state index is -0.852. The van der Waals surface area contributed by atoms with E-state index in [0.717, 1.165) is 44.0 Å². The lowest BCUT2D eigenvalue weighted by Crippen LogP contribution is -2.47. The van der Waals surface area contributed by atoms with Gasteiger partial charge in [-0.05, 0) is 37.5 Å². The summed E-state index contributed by atoms with van der Waals surface area (Å²) in [6.07, 6.45) is 6.09. The van der Waals surface area contributed by atoms with Crippen LogP contribution in [0, 0.1) is 23.5 Å². The number of nitrogens with zero attached hydrogens (tertiary/aromatic N) is 2. The quantitative estimate of drug-likeness (QED) is 0.822. The van der Waals surface area contributed by atoms with Crippen LogP contribution in [0.3, 0.4) is 0 Å². The third-order valence-corrected chi connectivity index (χ3v) is 6.30. The van der Waals surface area contributed by atoms with Crippen molar-refractivity contribution < 1.29 is 18.3 Å². The van der Waals surface area contributed by atoms with E-state index in [1.54, 1.807) is 4.90 Å². The highest BCUT2D eigenvalue weighted by atomic mass is 19.1. The molecule has 3 aliphatic heterocycles. The van der Waals surface area contributed by atoms with Crippen LogP contribution in [0.2, 0.25) is 0 Å². The third kappa shape index (κ3) is 3.31. The van der Waals surface area contributed by atoms with Gasteiger partial charge in [-0.1, -0.05) is 6.42 Å². The fourth-order valence-electron chi connectivity index (χ4n) is 4.61. The van der Waals surface area contributed by atoms with Gasteiger partial charge in [-0.25, -0.2) is 8.78 Å². The number of rotatable bonds is 4. The first-order chi connectivity index (χ1) is 12.5. The molecule has 6 heteroatoms. The first kappa shape index (κ1) is 17.7. The number of fused-ring (bicyclic) bond motifs is 4. The minimum absolute atomic E-state index is 0.0826. The Labute approximate surface area is 153 Å². The number of hydrogen-bond acceptors (Lipinski definition) is 3. The van der Waals surface area contributed by atoms with Gasteiger partial charge >= 0.3 is 0 Å². The summed E-state index contributed by atoms with van der Waals surface area (Å²) in [5, 5.41) is 0. The van der Waals surface area contributed by atoms with Crippen molar-refractivity contribution in [3.05, 3.63) is 29.3 Å². The smallest absolute Gasteiger partial charge is 0.259 e. The molecule has 1 aliphatic carbocycles. The molecule has 26 heavy (non-hydrogen) atoms. The second kappa shape index (κ2) is 7.14. The first-order valence-electron chi connectivity index (χ1n) is 9.61. The molecule has 0 aromatic heterocycles. The Morgan fingerprint density at radius 3 is 2.46 bits per heavy atom. The number of carbonyl (C=O) groups excluding carboxylic acids is 1. The molecule has 1 saturated carbocycles. The lowest BCUT2D eigenvalue weighted by Gasteiger charge is -2.40. The van der Waals surface area contributed by atoms with Crippen LogP contribution in [0.4, 0.5) is 8.78 Å². The highest BCUT2D eigenvalue weighted by Crippen LogP contribution is 2.34. The van der Waals surface area contributed by atoms with Gasteiger partial charge in [0.15, 0.2) is 0 Å². The van der Waals surface area contributed by atoms with Crippen molar-refractivity contribution in [3.63, 3.8) is 0 Å². The van der Waals surface area contributed by atoms with E-state index in [-0.39, 0.29) is 5.75 Å². The summed E-state index contributed by atoms with van der Waals surface area (Å²) in [6.45, 7) is 3.25. The van der Waals surface area contributed by atoms with Crippen molar-refractivity contribution in [3.8, 4) is 5.75 Å². The van der Waals surface area contributed by atoms with Gasteiger partial charge in [0, 0.05) is 44.4 Å². The highest BCUT2D eigenvalue weighted by Gasteiger charge is 2.38.